The number of hydrogen-bond acceptors (Lipinski definition) is 5. The van der Waals surface area contributed by atoms with Gasteiger partial charge in [0.25, 0.3) is 0 Å². The van der Waals surface area contributed by atoms with Crippen molar-refractivity contribution in [1.29, 1.82) is 0 Å². The highest BCUT2D eigenvalue weighted by molar-refractivity contribution is 7.91. The lowest BCUT2D eigenvalue weighted by atomic mass is 9.66. The maximum atomic E-state index is 12.7. The molecule has 1 aliphatic carbocycles. The smallest absolute Gasteiger partial charge is 0.179 e. The zero-order valence-electron chi connectivity index (χ0n) is 14.2. The van der Waals surface area contributed by atoms with Crippen LogP contribution in [0.15, 0.2) is 35.2 Å². The van der Waals surface area contributed by atoms with Crippen molar-refractivity contribution in [1.82, 2.24) is 0 Å². The van der Waals surface area contributed by atoms with Crippen LogP contribution >= 0.6 is 0 Å². The molecule has 2 fully saturated rings. The lowest BCUT2D eigenvalue weighted by Crippen LogP contribution is -2.51. The van der Waals surface area contributed by atoms with Gasteiger partial charge in [-0.2, -0.15) is 0 Å². The maximum Gasteiger partial charge on any atom is 0.179 e. The number of benzene rings is 1. The average Bonchev–Trinajstić information content (AvgIpc) is 3.05. The van der Waals surface area contributed by atoms with E-state index in [9.17, 15) is 8.42 Å². The summed E-state index contributed by atoms with van der Waals surface area (Å²) >= 11 is 0. The fourth-order valence-electron chi connectivity index (χ4n) is 4.04. The molecule has 0 radical (unpaired) electrons. The van der Waals surface area contributed by atoms with Crippen molar-refractivity contribution in [3.8, 4) is 0 Å². The summed E-state index contributed by atoms with van der Waals surface area (Å²) in [5.41, 5.74) is 6.28. The third kappa shape index (κ3) is 3.38. The quantitative estimate of drug-likeness (QED) is 0.880. The first-order chi connectivity index (χ1) is 11.4. The van der Waals surface area contributed by atoms with E-state index in [0.717, 1.165) is 32.1 Å². The number of nitrogens with two attached hydrogens (primary N) is 1. The maximum absolute atomic E-state index is 12.7. The molecule has 1 saturated carbocycles. The van der Waals surface area contributed by atoms with Gasteiger partial charge in [0.05, 0.1) is 23.9 Å². The lowest BCUT2D eigenvalue weighted by molar-refractivity contribution is -0.193. The summed E-state index contributed by atoms with van der Waals surface area (Å²) in [4.78, 5) is 0.349. The normalized spacial score (nSPS) is 24.1. The number of rotatable bonds is 5. The van der Waals surface area contributed by atoms with Crippen LogP contribution in [0.2, 0.25) is 0 Å². The largest absolute Gasteiger partial charge is 0.348 e. The minimum Gasteiger partial charge on any atom is -0.348 e. The van der Waals surface area contributed by atoms with Gasteiger partial charge in [-0.3, -0.25) is 0 Å². The molecule has 6 heteroatoms. The Labute approximate surface area is 144 Å². The van der Waals surface area contributed by atoms with E-state index in [-0.39, 0.29) is 17.2 Å². The second-order valence-electron chi connectivity index (χ2n) is 7.02. The van der Waals surface area contributed by atoms with Crippen LogP contribution in [-0.4, -0.2) is 39.2 Å². The molecule has 0 amide bonds. The van der Waals surface area contributed by atoms with Crippen molar-refractivity contribution in [3.05, 3.63) is 30.3 Å². The molecule has 1 unspecified atom stereocenters. The topological polar surface area (TPSA) is 78.6 Å². The molecule has 134 valence electrons. The van der Waals surface area contributed by atoms with Crippen LogP contribution in [0.4, 0.5) is 0 Å². The van der Waals surface area contributed by atoms with Crippen LogP contribution in [0.25, 0.3) is 0 Å². The lowest BCUT2D eigenvalue weighted by Gasteiger charge is -2.46. The Kier molecular flexibility index (Phi) is 5.02. The van der Waals surface area contributed by atoms with E-state index in [0.29, 0.717) is 18.1 Å². The van der Waals surface area contributed by atoms with Gasteiger partial charge < -0.3 is 15.2 Å². The molecule has 1 aromatic rings. The minimum atomic E-state index is -3.37. The molecule has 1 spiro atoms. The Morgan fingerprint density at radius 2 is 1.67 bits per heavy atom. The summed E-state index contributed by atoms with van der Waals surface area (Å²) in [6.07, 6.45) is 4.14. The Hall–Kier alpha value is -0.950. The molecule has 3 rings (SSSR count). The zero-order valence-corrected chi connectivity index (χ0v) is 15.1. The Bertz CT molecular complexity index is 643. The highest BCUT2D eigenvalue weighted by atomic mass is 32.2. The predicted octanol–water partition coefficient (Wildman–Crippen LogP) is 2.50. The van der Waals surface area contributed by atoms with Crippen molar-refractivity contribution in [2.24, 2.45) is 11.1 Å². The monoisotopic (exact) mass is 353 g/mol. The summed E-state index contributed by atoms with van der Waals surface area (Å²) in [5, 5.41) is 0. The van der Waals surface area contributed by atoms with Crippen LogP contribution in [0.5, 0.6) is 0 Å². The first-order valence-electron chi connectivity index (χ1n) is 8.73. The molecule has 1 saturated heterocycles. The van der Waals surface area contributed by atoms with Crippen molar-refractivity contribution >= 4 is 9.84 Å². The molecule has 24 heavy (non-hydrogen) atoms. The van der Waals surface area contributed by atoms with E-state index in [2.05, 4.69) is 6.92 Å². The van der Waals surface area contributed by atoms with E-state index in [1.807, 2.05) is 6.07 Å². The van der Waals surface area contributed by atoms with Gasteiger partial charge in [-0.25, -0.2) is 8.42 Å². The third-order valence-corrected chi connectivity index (χ3v) is 7.60. The van der Waals surface area contributed by atoms with E-state index in [1.54, 1.807) is 24.3 Å². The van der Waals surface area contributed by atoms with Gasteiger partial charge >= 0.3 is 0 Å². The average molecular weight is 353 g/mol. The van der Waals surface area contributed by atoms with E-state index < -0.39 is 15.6 Å². The zero-order chi connectivity index (χ0) is 17.3. The molecular formula is C18H27NO4S. The molecular weight excluding hydrogens is 326 g/mol. The van der Waals surface area contributed by atoms with Crippen LogP contribution in [0.1, 0.15) is 39.0 Å². The van der Waals surface area contributed by atoms with E-state index >= 15 is 0 Å². The van der Waals surface area contributed by atoms with Crippen LogP contribution < -0.4 is 5.73 Å². The van der Waals surface area contributed by atoms with Crippen molar-refractivity contribution in [2.45, 2.75) is 55.8 Å². The van der Waals surface area contributed by atoms with Gasteiger partial charge in [0, 0.05) is 18.9 Å². The third-order valence-electron chi connectivity index (χ3n) is 5.81. The van der Waals surface area contributed by atoms with Crippen LogP contribution in [-0.2, 0) is 19.3 Å². The number of hydrogen-bond donors (Lipinski definition) is 1. The summed E-state index contributed by atoms with van der Waals surface area (Å²) in [7, 11) is -3.37. The van der Waals surface area contributed by atoms with Crippen molar-refractivity contribution < 1.29 is 17.9 Å². The van der Waals surface area contributed by atoms with Gasteiger partial charge in [0.15, 0.2) is 15.6 Å². The van der Waals surface area contributed by atoms with E-state index in [4.69, 9.17) is 15.2 Å². The molecule has 2 N–H and O–H groups in total. The van der Waals surface area contributed by atoms with Gasteiger partial charge in [-0.1, -0.05) is 25.1 Å². The molecule has 1 heterocycles. The Morgan fingerprint density at radius 3 is 2.21 bits per heavy atom. The Balaban J connectivity index is 1.72. The summed E-state index contributed by atoms with van der Waals surface area (Å²) in [6.45, 7) is 3.39. The Morgan fingerprint density at radius 1 is 1.08 bits per heavy atom. The molecule has 1 atom stereocenters. The highest BCUT2D eigenvalue weighted by Crippen LogP contribution is 2.48. The SMILES string of the molecule is CCC1(C(N)CS(=O)(=O)c2ccccc2)CCC2(CC1)OCCO2. The minimum absolute atomic E-state index is 0.0143. The number of sulfone groups is 1. The second kappa shape index (κ2) is 6.75. The fourth-order valence-corrected chi connectivity index (χ4v) is 5.63. The van der Waals surface area contributed by atoms with Crippen molar-refractivity contribution in [3.63, 3.8) is 0 Å². The molecule has 2 aliphatic rings. The second-order valence-corrected chi connectivity index (χ2v) is 9.06. The van der Waals surface area contributed by atoms with Gasteiger partial charge in [0.1, 0.15) is 0 Å². The highest BCUT2D eigenvalue weighted by Gasteiger charge is 2.48. The van der Waals surface area contributed by atoms with Crippen molar-refractivity contribution in [2.75, 3.05) is 19.0 Å². The first kappa shape index (κ1) is 17.9. The van der Waals surface area contributed by atoms with E-state index in [1.165, 1.54) is 0 Å². The summed E-state index contributed by atoms with van der Waals surface area (Å²) < 4.78 is 36.9. The predicted molar refractivity (Wildman–Crippen MR) is 92.3 cm³/mol. The van der Waals surface area contributed by atoms with Gasteiger partial charge in [0.2, 0.25) is 0 Å². The standard InChI is InChI=1S/C18H27NO4S/c1-2-17(8-10-18(11-9-17)22-12-13-23-18)16(19)14-24(20,21)15-6-4-3-5-7-15/h3-7,16H,2,8-14,19H2,1H3. The summed E-state index contributed by atoms with van der Waals surface area (Å²) in [5.74, 6) is -0.462. The molecule has 1 aliphatic heterocycles. The van der Waals surface area contributed by atoms with Gasteiger partial charge in [-0.05, 0) is 36.8 Å². The molecule has 0 aromatic heterocycles. The van der Waals surface area contributed by atoms with Gasteiger partial charge in [-0.15, -0.1) is 0 Å². The molecule has 5 nitrogen and oxygen atoms in total. The van der Waals surface area contributed by atoms with Crippen LogP contribution in [0.3, 0.4) is 0 Å². The first-order valence-corrected chi connectivity index (χ1v) is 10.4. The molecule has 0 bridgehead atoms. The number of ether oxygens (including phenoxy) is 2. The molecule has 1 aromatic carbocycles. The summed E-state index contributed by atoms with van der Waals surface area (Å²) in [6, 6.07) is 8.19. The fraction of sp³-hybridized carbons (Fsp3) is 0.667. The van der Waals surface area contributed by atoms with Crippen LogP contribution in [0, 0.1) is 5.41 Å².